The van der Waals surface area contributed by atoms with E-state index in [-0.39, 0.29) is 5.56 Å². The van der Waals surface area contributed by atoms with Gasteiger partial charge in [0.15, 0.2) is 0 Å². The summed E-state index contributed by atoms with van der Waals surface area (Å²) < 4.78 is 5.75. The second kappa shape index (κ2) is 9.50. The van der Waals surface area contributed by atoms with Crippen LogP contribution in [0, 0.1) is 0 Å². The molecule has 0 aliphatic carbocycles. The number of aryl methyl sites for hydroxylation is 1. The zero-order valence-electron chi connectivity index (χ0n) is 16.5. The van der Waals surface area contributed by atoms with Crippen LogP contribution in [-0.4, -0.2) is 65.3 Å². The average Bonchev–Trinajstić information content (AvgIpc) is 2.74. The van der Waals surface area contributed by atoms with Gasteiger partial charge in [0.05, 0.1) is 5.56 Å². The summed E-state index contributed by atoms with van der Waals surface area (Å²) in [6.45, 7) is 5.42. The van der Waals surface area contributed by atoms with E-state index in [9.17, 15) is 4.79 Å². The zero-order chi connectivity index (χ0) is 19.9. The Bertz CT molecular complexity index is 756. The third-order valence-electron chi connectivity index (χ3n) is 5.28. The lowest BCUT2D eigenvalue weighted by Crippen LogP contribution is -2.45. The Morgan fingerprint density at radius 3 is 2.43 bits per heavy atom. The lowest BCUT2D eigenvalue weighted by Gasteiger charge is -2.36. The molecule has 1 aromatic carbocycles. The number of hydrogen-bond acceptors (Lipinski definition) is 6. The van der Waals surface area contributed by atoms with Crippen LogP contribution in [-0.2, 0) is 6.42 Å². The second-order valence-electron chi connectivity index (χ2n) is 7.12. The summed E-state index contributed by atoms with van der Waals surface area (Å²) in [4.78, 5) is 24.4. The smallest absolute Gasteiger partial charge is 0.335 e. The molecule has 0 saturated carbocycles. The maximum Gasteiger partial charge on any atom is 0.335 e. The molecule has 7 nitrogen and oxygen atoms in total. The fourth-order valence-corrected chi connectivity index (χ4v) is 3.38. The Balaban J connectivity index is 1.40. The van der Waals surface area contributed by atoms with Crippen molar-refractivity contribution < 1.29 is 14.6 Å². The lowest BCUT2D eigenvalue weighted by atomic mass is 10.0. The van der Waals surface area contributed by atoms with Crippen LogP contribution >= 0.6 is 0 Å². The van der Waals surface area contributed by atoms with Crippen LogP contribution in [0.1, 0.15) is 35.7 Å². The Kier molecular flexibility index (Phi) is 6.81. The van der Waals surface area contributed by atoms with Crippen molar-refractivity contribution in [2.45, 2.75) is 32.2 Å². The van der Waals surface area contributed by atoms with Crippen LogP contribution in [0.4, 0.5) is 5.95 Å². The molecule has 1 fully saturated rings. The van der Waals surface area contributed by atoms with Gasteiger partial charge in [-0.1, -0.05) is 6.92 Å². The molecule has 1 aromatic heterocycles. The van der Waals surface area contributed by atoms with E-state index in [1.54, 1.807) is 24.3 Å². The number of nitrogens with zero attached hydrogens (tertiary/aromatic N) is 4. The van der Waals surface area contributed by atoms with Gasteiger partial charge in [0.2, 0.25) is 5.95 Å². The van der Waals surface area contributed by atoms with Gasteiger partial charge in [-0.25, -0.2) is 14.8 Å². The number of rotatable bonds is 8. The molecule has 0 unspecified atom stereocenters. The van der Waals surface area contributed by atoms with E-state index in [0.29, 0.717) is 18.4 Å². The molecule has 150 valence electrons. The van der Waals surface area contributed by atoms with Crippen molar-refractivity contribution in [2.75, 3.05) is 38.2 Å². The lowest BCUT2D eigenvalue weighted by molar-refractivity contribution is 0.0697. The van der Waals surface area contributed by atoms with Gasteiger partial charge in [-0.3, -0.25) is 4.90 Å². The van der Waals surface area contributed by atoms with Gasteiger partial charge in [-0.2, -0.15) is 0 Å². The van der Waals surface area contributed by atoms with E-state index in [1.165, 1.54) is 0 Å². The molecule has 1 aliphatic rings. The minimum absolute atomic E-state index is 0.268. The molecule has 7 heteroatoms. The minimum Gasteiger partial charge on any atom is -0.492 e. The van der Waals surface area contributed by atoms with Gasteiger partial charge in [0.1, 0.15) is 12.4 Å². The van der Waals surface area contributed by atoms with Crippen LogP contribution in [0.25, 0.3) is 0 Å². The normalized spacial score (nSPS) is 15.0. The third-order valence-corrected chi connectivity index (χ3v) is 5.28. The van der Waals surface area contributed by atoms with Crippen molar-refractivity contribution >= 4 is 11.9 Å². The number of benzene rings is 1. The maximum absolute atomic E-state index is 10.9. The number of aromatic nitrogens is 2. The topological polar surface area (TPSA) is 78.8 Å². The van der Waals surface area contributed by atoms with Gasteiger partial charge >= 0.3 is 5.97 Å². The number of carboxylic acid groups (broad SMARTS) is 1. The van der Waals surface area contributed by atoms with Crippen molar-refractivity contribution in [2.24, 2.45) is 0 Å². The quantitative estimate of drug-likeness (QED) is 0.750. The molecular weight excluding hydrogens is 356 g/mol. The number of likely N-dealkylation sites (N-methyl/N-ethyl adjacent to an activating group) is 1. The summed E-state index contributed by atoms with van der Waals surface area (Å²) >= 11 is 0. The number of piperidine rings is 1. The van der Waals surface area contributed by atoms with Gasteiger partial charge in [0, 0.05) is 38.1 Å². The predicted octanol–water partition coefficient (Wildman–Crippen LogP) is 2.72. The number of anilines is 1. The molecule has 0 radical (unpaired) electrons. The largest absolute Gasteiger partial charge is 0.492 e. The van der Waals surface area contributed by atoms with Gasteiger partial charge in [0.25, 0.3) is 0 Å². The molecule has 0 spiro atoms. The Hall–Kier alpha value is -2.67. The molecule has 1 N–H and O–H groups in total. The van der Waals surface area contributed by atoms with Crippen molar-refractivity contribution in [3.63, 3.8) is 0 Å². The van der Waals surface area contributed by atoms with Crippen LogP contribution in [0.15, 0.2) is 36.7 Å². The number of ether oxygens (including phenoxy) is 1. The van der Waals surface area contributed by atoms with E-state index >= 15 is 0 Å². The van der Waals surface area contributed by atoms with Crippen molar-refractivity contribution in [3.05, 3.63) is 47.8 Å². The Labute approximate surface area is 166 Å². The molecule has 2 heterocycles. The summed E-state index contributed by atoms with van der Waals surface area (Å²) in [7, 11) is 2.13. The summed E-state index contributed by atoms with van der Waals surface area (Å²) in [6.07, 6.45) is 6.94. The first-order chi connectivity index (χ1) is 13.6. The summed E-state index contributed by atoms with van der Waals surface area (Å²) in [6, 6.07) is 7.04. The number of carboxylic acids is 1. The molecule has 2 aromatic rings. The van der Waals surface area contributed by atoms with Gasteiger partial charge < -0.3 is 14.7 Å². The van der Waals surface area contributed by atoms with E-state index < -0.39 is 5.97 Å². The molecule has 0 amide bonds. The van der Waals surface area contributed by atoms with Crippen LogP contribution < -0.4 is 9.64 Å². The Morgan fingerprint density at radius 1 is 1.21 bits per heavy atom. The first kappa shape index (κ1) is 20.1. The number of hydrogen-bond donors (Lipinski definition) is 1. The average molecular weight is 384 g/mol. The van der Waals surface area contributed by atoms with Crippen molar-refractivity contribution in [3.8, 4) is 5.75 Å². The number of aromatic carboxylic acids is 1. The number of carbonyl (C=O) groups is 1. The van der Waals surface area contributed by atoms with Crippen molar-refractivity contribution in [1.29, 1.82) is 0 Å². The first-order valence-corrected chi connectivity index (χ1v) is 9.79. The molecule has 1 saturated heterocycles. The van der Waals surface area contributed by atoms with E-state index in [1.807, 2.05) is 12.4 Å². The van der Waals surface area contributed by atoms with Crippen LogP contribution in [0.2, 0.25) is 0 Å². The van der Waals surface area contributed by atoms with E-state index in [0.717, 1.165) is 50.4 Å². The highest BCUT2D eigenvalue weighted by Gasteiger charge is 2.23. The molecule has 1 aliphatic heterocycles. The first-order valence-electron chi connectivity index (χ1n) is 9.79. The summed E-state index contributed by atoms with van der Waals surface area (Å²) in [5, 5.41) is 8.92. The molecule has 3 rings (SSSR count). The Morgan fingerprint density at radius 2 is 1.86 bits per heavy atom. The fourth-order valence-electron chi connectivity index (χ4n) is 3.38. The van der Waals surface area contributed by atoms with E-state index in [2.05, 4.69) is 33.7 Å². The highest BCUT2D eigenvalue weighted by atomic mass is 16.5. The molecule has 0 atom stereocenters. The monoisotopic (exact) mass is 384 g/mol. The fraction of sp³-hybridized carbons (Fsp3) is 0.476. The third kappa shape index (κ3) is 5.19. The summed E-state index contributed by atoms with van der Waals surface area (Å²) in [5.41, 5.74) is 1.43. The van der Waals surface area contributed by atoms with Crippen molar-refractivity contribution in [1.82, 2.24) is 14.9 Å². The molecule has 28 heavy (non-hydrogen) atoms. The highest BCUT2D eigenvalue weighted by Crippen LogP contribution is 2.19. The van der Waals surface area contributed by atoms with Crippen LogP contribution in [0.5, 0.6) is 5.75 Å². The molecular formula is C21H28N4O3. The van der Waals surface area contributed by atoms with Gasteiger partial charge in [-0.15, -0.1) is 0 Å². The maximum atomic E-state index is 10.9. The van der Waals surface area contributed by atoms with E-state index in [4.69, 9.17) is 9.84 Å². The predicted molar refractivity (Wildman–Crippen MR) is 108 cm³/mol. The van der Waals surface area contributed by atoms with Crippen LogP contribution in [0.3, 0.4) is 0 Å². The standard InChI is InChI=1S/C21H28N4O3/c1-3-16-14-22-21(23-15-16)25-10-8-18(9-11-25)24(2)12-13-28-19-6-4-17(5-7-19)20(26)27/h4-7,14-15,18H,3,8-13H2,1-2H3,(H,26,27). The zero-order valence-corrected chi connectivity index (χ0v) is 16.5. The second-order valence-corrected chi connectivity index (χ2v) is 7.12. The SMILES string of the molecule is CCc1cnc(N2CCC(N(C)CCOc3ccc(C(=O)O)cc3)CC2)nc1. The highest BCUT2D eigenvalue weighted by molar-refractivity contribution is 5.87. The minimum atomic E-state index is -0.927. The van der Waals surface area contributed by atoms with Gasteiger partial charge in [-0.05, 0) is 56.1 Å². The molecule has 0 bridgehead atoms. The summed E-state index contributed by atoms with van der Waals surface area (Å²) in [5.74, 6) is 0.594.